The molecule has 1 fully saturated rings. The molecule has 0 radical (unpaired) electrons. The summed E-state index contributed by atoms with van der Waals surface area (Å²) in [6.45, 7) is 2.67. The highest BCUT2D eigenvalue weighted by Crippen LogP contribution is 2.27. The second-order valence-electron chi connectivity index (χ2n) is 4.74. The van der Waals surface area contributed by atoms with Crippen LogP contribution in [0.4, 0.5) is 0 Å². The van der Waals surface area contributed by atoms with Gasteiger partial charge >= 0.3 is 0 Å². The summed E-state index contributed by atoms with van der Waals surface area (Å²) < 4.78 is 5.67. The largest absolute Gasteiger partial charge is 0.375 e. The van der Waals surface area contributed by atoms with Crippen molar-refractivity contribution in [3.63, 3.8) is 0 Å². The maximum Gasteiger partial charge on any atom is 0.0721 e. The van der Waals surface area contributed by atoms with Crippen molar-refractivity contribution in [1.29, 1.82) is 0 Å². The van der Waals surface area contributed by atoms with E-state index in [9.17, 15) is 0 Å². The van der Waals surface area contributed by atoms with E-state index >= 15 is 0 Å². The molecule has 1 aromatic carbocycles. The Bertz CT molecular complexity index is 393. The number of hydrogen-bond donors (Lipinski definition) is 1. The molecule has 1 N–H and O–H groups in total. The third-order valence-corrected chi connectivity index (χ3v) is 6.29. The van der Waals surface area contributed by atoms with Crippen LogP contribution in [0.1, 0.15) is 17.2 Å². The van der Waals surface area contributed by atoms with E-state index < -0.39 is 0 Å². The Labute approximate surface area is 117 Å². The molecule has 2 aliphatic rings. The third kappa shape index (κ3) is 3.05. The van der Waals surface area contributed by atoms with E-state index in [0.29, 0.717) is 6.04 Å². The van der Waals surface area contributed by atoms with Crippen molar-refractivity contribution in [3.05, 3.63) is 35.4 Å². The molecule has 98 valence electrons. The van der Waals surface area contributed by atoms with Crippen LogP contribution in [0.3, 0.4) is 0 Å². The quantitative estimate of drug-likeness (QED) is 0.919. The lowest BCUT2D eigenvalue weighted by molar-refractivity contribution is 0.0824. The van der Waals surface area contributed by atoms with Gasteiger partial charge < -0.3 is 10.1 Å². The molecule has 3 rings (SSSR count). The van der Waals surface area contributed by atoms with Crippen molar-refractivity contribution in [2.45, 2.75) is 17.9 Å². The SMILES string of the molecule is c1ccc2c(c1)COCC2NCC1CSCCS1. The summed E-state index contributed by atoms with van der Waals surface area (Å²) in [5.41, 5.74) is 2.77. The van der Waals surface area contributed by atoms with Crippen LogP contribution in [0, 0.1) is 0 Å². The van der Waals surface area contributed by atoms with Crippen molar-refractivity contribution in [3.8, 4) is 0 Å². The molecule has 2 nitrogen and oxygen atoms in total. The van der Waals surface area contributed by atoms with Gasteiger partial charge in [-0.15, -0.1) is 0 Å². The first-order chi connectivity index (χ1) is 8.93. The van der Waals surface area contributed by atoms with Gasteiger partial charge in [0.1, 0.15) is 0 Å². The molecule has 0 aromatic heterocycles. The van der Waals surface area contributed by atoms with E-state index in [1.54, 1.807) is 0 Å². The Morgan fingerprint density at radius 1 is 1.28 bits per heavy atom. The van der Waals surface area contributed by atoms with Gasteiger partial charge in [-0.2, -0.15) is 23.5 Å². The number of benzene rings is 1. The number of rotatable bonds is 3. The molecule has 0 saturated carbocycles. The van der Waals surface area contributed by atoms with Crippen molar-refractivity contribution < 1.29 is 4.74 Å². The lowest BCUT2D eigenvalue weighted by atomic mass is 9.99. The fourth-order valence-corrected chi connectivity index (χ4v) is 5.10. The molecule has 2 aliphatic heterocycles. The molecule has 2 atom stereocenters. The van der Waals surface area contributed by atoms with Crippen LogP contribution in [-0.2, 0) is 11.3 Å². The number of fused-ring (bicyclic) bond motifs is 1. The third-order valence-electron chi connectivity index (χ3n) is 3.45. The number of nitrogens with one attached hydrogen (secondary N) is 1. The number of hydrogen-bond acceptors (Lipinski definition) is 4. The first kappa shape index (κ1) is 12.9. The van der Waals surface area contributed by atoms with Crippen LogP contribution in [0.25, 0.3) is 0 Å². The minimum Gasteiger partial charge on any atom is -0.375 e. The molecular formula is C14H19NOS2. The van der Waals surface area contributed by atoms with Gasteiger partial charge in [-0.1, -0.05) is 24.3 Å². The van der Waals surface area contributed by atoms with Gasteiger partial charge in [-0.3, -0.25) is 0 Å². The lowest BCUT2D eigenvalue weighted by Gasteiger charge is -2.29. The molecule has 0 bridgehead atoms. The van der Waals surface area contributed by atoms with Gasteiger partial charge in [0.05, 0.1) is 19.3 Å². The fraction of sp³-hybridized carbons (Fsp3) is 0.571. The second kappa shape index (κ2) is 6.33. The zero-order chi connectivity index (χ0) is 12.2. The Morgan fingerprint density at radius 2 is 2.22 bits per heavy atom. The molecule has 2 heterocycles. The molecule has 1 saturated heterocycles. The number of thioether (sulfide) groups is 2. The molecule has 18 heavy (non-hydrogen) atoms. The predicted octanol–water partition coefficient (Wildman–Crippen LogP) is 2.70. The van der Waals surface area contributed by atoms with Crippen LogP contribution < -0.4 is 5.32 Å². The summed E-state index contributed by atoms with van der Waals surface area (Å²) in [6.07, 6.45) is 0. The zero-order valence-corrected chi connectivity index (χ0v) is 12.1. The highest BCUT2D eigenvalue weighted by Gasteiger charge is 2.22. The minimum atomic E-state index is 0.377. The molecule has 2 unspecified atom stereocenters. The predicted molar refractivity (Wildman–Crippen MR) is 80.4 cm³/mol. The van der Waals surface area contributed by atoms with Crippen LogP contribution in [0.2, 0.25) is 0 Å². The summed E-state index contributed by atoms with van der Waals surface area (Å²) in [6, 6.07) is 9.01. The average molecular weight is 281 g/mol. The molecule has 0 aliphatic carbocycles. The highest BCUT2D eigenvalue weighted by atomic mass is 32.2. The van der Waals surface area contributed by atoms with Gasteiger partial charge in [-0.25, -0.2) is 0 Å². The standard InChI is InChI=1S/C14H19NOS2/c1-2-4-13-11(3-1)8-16-9-14(13)15-7-12-10-17-5-6-18-12/h1-4,12,14-15H,5-10H2. The monoisotopic (exact) mass is 281 g/mol. The topological polar surface area (TPSA) is 21.3 Å². The van der Waals surface area contributed by atoms with E-state index in [1.165, 1.54) is 28.4 Å². The van der Waals surface area contributed by atoms with Crippen molar-refractivity contribution in [2.24, 2.45) is 0 Å². The van der Waals surface area contributed by atoms with Crippen LogP contribution in [0.15, 0.2) is 24.3 Å². The molecule has 0 spiro atoms. The summed E-state index contributed by atoms with van der Waals surface area (Å²) >= 11 is 4.19. The van der Waals surface area contributed by atoms with Gasteiger partial charge in [0.15, 0.2) is 0 Å². The minimum absolute atomic E-state index is 0.377. The molecule has 4 heteroatoms. The molecule has 1 aromatic rings. The summed E-state index contributed by atoms with van der Waals surface area (Å²) in [4.78, 5) is 0. The summed E-state index contributed by atoms with van der Waals surface area (Å²) in [7, 11) is 0. The van der Waals surface area contributed by atoms with E-state index in [-0.39, 0.29) is 0 Å². The van der Waals surface area contributed by atoms with E-state index in [0.717, 1.165) is 25.0 Å². The van der Waals surface area contributed by atoms with E-state index in [1.807, 2.05) is 0 Å². The van der Waals surface area contributed by atoms with Gasteiger partial charge in [-0.05, 0) is 11.1 Å². The van der Waals surface area contributed by atoms with Crippen LogP contribution in [-0.4, -0.2) is 35.7 Å². The van der Waals surface area contributed by atoms with E-state index in [4.69, 9.17) is 4.74 Å². The fourth-order valence-electron chi connectivity index (χ4n) is 2.48. The maximum absolute atomic E-state index is 5.67. The van der Waals surface area contributed by atoms with Crippen molar-refractivity contribution in [1.82, 2.24) is 5.32 Å². The Balaban J connectivity index is 1.60. The molecular weight excluding hydrogens is 262 g/mol. The summed E-state index contributed by atoms with van der Waals surface area (Å²) in [5.74, 6) is 3.90. The van der Waals surface area contributed by atoms with Crippen molar-refractivity contribution in [2.75, 3.05) is 30.4 Å². The first-order valence-corrected chi connectivity index (χ1v) is 8.72. The maximum atomic E-state index is 5.67. The zero-order valence-electron chi connectivity index (χ0n) is 10.4. The number of ether oxygens (including phenoxy) is 1. The van der Waals surface area contributed by atoms with Gasteiger partial charge in [0.2, 0.25) is 0 Å². The van der Waals surface area contributed by atoms with Crippen molar-refractivity contribution >= 4 is 23.5 Å². The Morgan fingerprint density at radius 3 is 3.11 bits per heavy atom. The van der Waals surface area contributed by atoms with Gasteiger partial charge in [0.25, 0.3) is 0 Å². The Kier molecular flexibility index (Phi) is 4.52. The van der Waals surface area contributed by atoms with Gasteiger partial charge in [0, 0.05) is 29.1 Å². The Hall–Kier alpha value is -0.160. The average Bonchev–Trinajstić information content (AvgIpc) is 2.46. The van der Waals surface area contributed by atoms with Crippen LogP contribution in [0.5, 0.6) is 0 Å². The lowest BCUT2D eigenvalue weighted by Crippen LogP contribution is -2.35. The molecule has 0 amide bonds. The first-order valence-electron chi connectivity index (χ1n) is 6.52. The second-order valence-corrected chi connectivity index (χ2v) is 7.30. The highest BCUT2D eigenvalue weighted by molar-refractivity contribution is 8.06. The van der Waals surface area contributed by atoms with Crippen LogP contribution >= 0.6 is 23.5 Å². The smallest absolute Gasteiger partial charge is 0.0721 e. The normalized spacial score (nSPS) is 27.8. The summed E-state index contributed by atoms with van der Waals surface area (Å²) in [5, 5.41) is 4.45. The van der Waals surface area contributed by atoms with E-state index in [2.05, 4.69) is 53.1 Å².